The highest BCUT2D eigenvalue weighted by Gasteiger charge is 2.31. The maximum absolute atomic E-state index is 11.2. The molecule has 0 saturated heterocycles. The van der Waals surface area contributed by atoms with Gasteiger partial charge in [-0.3, -0.25) is 4.79 Å². The standard InChI is InChI=1S/C12H13BNO3/c1-8-2-3-9-6-14(13-7-15)11(12(16)17)5-10(9)4-8/h2-4,7,11H,5-6H2,1H3,(H,16,17)/t11-/m0/s1. The largest absolute Gasteiger partial charge is 0.480 e. The predicted molar refractivity (Wildman–Crippen MR) is 64.4 cm³/mol. The zero-order chi connectivity index (χ0) is 12.4. The molecule has 0 aliphatic carbocycles. The van der Waals surface area contributed by atoms with Crippen molar-refractivity contribution in [3.05, 3.63) is 34.9 Å². The van der Waals surface area contributed by atoms with Crippen LogP contribution in [0.15, 0.2) is 18.2 Å². The SMILES string of the molecule is Cc1ccc2c(c1)C[C@@H](C(=O)O)N([B]C=O)C2. The van der Waals surface area contributed by atoms with Gasteiger partial charge in [0.15, 0.2) is 0 Å². The minimum Gasteiger partial charge on any atom is -0.480 e. The zero-order valence-corrected chi connectivity index (χ0v) is 9.59. The van der Waals surface area contributed by atoms with E-state index in [0.29, 0.717) is 19.2 Å². The third-order valence-corrected chi connectivity index (χ3v) is 3.07. The molecule has 0 spiro atoms. The second kappa shape index (κ2) is 4.71. The Kier molecular flexibility index (Phi) is 3.29. The molecule has 17 heavy (non-hydrogen) atoms. The lowest BCUT2D eigenvalue weighted by Gasteiger charge is -2.33. The van der Waals surface area contributed by atoms with Gasteiger partial charge in [-0.05, 0) is 24.5 Å². The van der Waals surface area contributed by atoms with Crippen molar-refractivity contribution in [2.24, 2.45) is 0 Å². The number of benzene rings is 1. The van der Waals surface area contributed by atoms with E-state index >= 15 is 0 Å². The van der Waals surface area contributed by atoms with E-state index in [9.17, 15) is 9.59 Å². The lowest BCUT2D eigenvalue weighted by Crippen LogP contribution is -2.47. The predicted octanol–water partition coefficient (Wildman–Crippen LogP) is 0.616. The van der Waals surface area contributed by atoms with Gasteiger partial charge >= 0.3 is 5.97 Å². The fraction of sp³-hybridized carbons (Fsp3) is 0.333. The van der Waals surface area contributed by atoms with E-state index in [1.165, 1.54) is 7.41 Å². The van der Waals surface area contributed by atoms with Crippen molar-refractivity contribution in [1.82, 2.24) is 4.81 Å². The highest BCUT2D eigenvalue weighted by Crippen LogP contribution is 2.23. The van der Waals surface area contributed by atoms with Crippen molar-refractivity contribution in [3.8, 4) is 0 Å². The molecular formula is C12H13BNO3. The molecule has 1 heterocycles. The van der Waals surface area contributed by atoms with Gasteiger partial charge in [-0.2, -0.15) is 0 Å². The Morgan fingerprint density at radius 2 is 2.29 bits per heavy atom. The number of hydrogen-bond acceptors (Lipinski definition) is 3. The quantitative estimate of drug-likeness (QED) is 0.610. The third-order valence-electron chi connectivity index (χ3n) is 3.07. The van der Waals surface area contributed by atoms with Crippen LogP contribution in [0.2, 0.25) is 0 Å². The molecule has 1 N–H and O–H groups in total. The maximum Gasteiger partial charge on any atom is 0.320 e. The van der Waals surface area contributed by atoms with E-state index in [1.807, 2.05) is 25.1 Å². The maximum atomic E-state index is 11.2. The average Bonchev–Trinajstić information content (AvgIpc) is 2.28. The number of carbonyl (C=O) groups is 2. The summed E-state index contributed by atoms with van der Waals surface area (Å²) in [5.74, 6) is -0.893. The van der Waals surface area contributed by atoms with Gasteiger partial charge in [0.2, 0.25) is 0 Å². The van der Waals surface area contributed by atoms with Gasteiger partial charge in [0, 0.05) is 6.54 Å². The summed E-state index contributed by atoms with van der Waals surface area (Å²) < 4.78 is 0. The highest BCUT2D eigenvalue weighted by atomic mass is 16.4. The molecule has 0 bridgehead atoms. The van der Waals surface area contributed by atoms with Gasteiger partial charge < -0.3 is 14.7 Å². The van der Waals surface area contributed by atoms with Crippen LogP contribution in [0.4, 0.5) is 0 Å². The van der Waals surface area contributed by atoms with Gasteiger partial charge in [-0.25, -0.2) is 0 Å². The molecule has 87 valence electrons. The first-order chi connectivity index (χ1) is 8.11. The molecule has 1 radical (unpaired) electrons. The number of hydrogen-bond donors (Lipinski definition) is 1. The molecule has 0 aromatic heterocycles. The van der Waals surface area contributed by atoms with Crippen molar-refractivity contribution in [2.75, 3.05) is 0 Å². The van der Waals surface area contributed by atoms with E-state index in [2.05, 4.69) is 0 Å². The number of aliphatic carboxylic acids is 1. The van der Waals surface area contributed by atoms with Crippen LogP contribution in [-0.4, -0.2) is 35.5 Å². The summed E-state index contributed by atoms with van der Waals surface area (Å²) in [6, 6.07) is 5.37. The fourth-order valence-corrected chi connectivity index (χ4v) is 2.20. The summed E-state index contributed by atoms with van der Waals surface area (Å²) in [4.78, 5) is 23.3. The van der Waals surface area contributed by atoms with Gasteiger partial charge in [-0.15, -0.1) is 0 Å². The molecule has 0 fully saturated rings. The molecule has 1 atom stereocenters. The second-order valence-corrected chi connectivity index (χ2v) is 4.29. The molecule has 0 amide bonds. The Bertz CT molecular complexity index is 461. The van der Waals surface area contributed by atoms with Crippen LogP contribution in [0.1, 0.15) is 16.7 Å². The summed E-state index contributed by atoms with van der Waals surface area (Å²) in [6.07, 6.45) is 1.08. The van der Waals surface area contributed by atoms with Crippen LogP contribution in [-0.2, 0) is 22.6 Å². The Morgan fingerprint density at radius 3 is 2.94 bits per heavy atom. The first-order valence-corrected chi connectivity index (χ1v) is 5.47. The number of carboxylic acids is 1. The third kappa shape index (κ3) is 2.39. The van der Waals surface area contributed by atoms with Crippen LogP contribution in [0.5, 0.6) is 0 Å². The minimum atomic E-state index is -0.893. The Hall–Kier alpha value is -1.62. The molecular weight excluding hydrogens is 217 g/mol. The molecule has 1 aromatic rings. The van der Waals surface area contributed by atoms with Crippen molar-refractivity contribution < 1.29 is 14.7 Å². The van der Waals surface area contributed by atoms with Crippen molar-refractivity contribution >= 4 is 19.6 Å². The summed E-state index contributed by atoms with van der Waals surface area (Å²) in [5.41, 5.74) is 3.28. The minimum absolute atomic E-state index is 0.441. The lowest BCUT2D eigenvalue weighted by molar-refractivity contribution is -0.141. The van der Waals surface area contributed by atoms with Crippen LogP contribution >= 0.6 is 0 Å². The summed E-state index contributed by atoms with van der Waals surface area (Å²) in [7, 11) is 1.31. The van der Waals surface area contributed by atoms with E-state index in [0.717, 1.165) is 16.7 Å². The lowest BCUT2D eigenvalue weighted by atomic mass is 9.83. The Balaban J connectivity index is 2.32. The number of carboxylic acid groups (broad SMARTS) is 1. The van der Waals surface area contributed by atoms with E-state index < -0.39 is 12.0 Å². The molecule has 1 aliphatic rings. The average molecular weight is 230 g/mol. The molecule has 5 heteroatoms. The Morgan fingerprint density at radius 1 is 1.53 bits per heavy atom. The smallest absolute Gasteiger partial charge is 0.320 e. The van der Waals surface area contributed by atoms with Crippen molar-refractivity contribution in [1.29, 1.82) is 0 Å². The molecule has 0 saturated carbocycles. The summed E-state index contributed by atoms with van der Waals surface area (Å²) in [5, 5.41) is 9.15. The van der Waals surface area contributed by atoms with Crippen molar-refractivity contribution in [3.63, 3.8) is 0 Å². The second-order valence-electron chi connectivity index (χ2n) is 4.29. The molecule has 0 unspecified atom stereocenters. The topological polar surface area (TPSA) is 57.6 Å². The fourth-order valence-electron chi connectivity index (χ4n) is 2.20. The first kappa shape index (κ1) is 11.9. The Labute approximate surface area is 101 Å². The van der Waals surface area contributed by atoms with Crippen molar-refractivity contribution in [2.45, 2.75) is 25.9 Å². The van der Waals surface area contributed by atoms with Crippen LogP contribution in [0.25, 0.3) is 0 Å². The van der Waals surface area contributed by atoms with Gasteiger partial charge in [0.05, 0.1) is 6.19 Å². The van der Waals surface area contributed by atoms with Crippen LogP contribution in [0, 0.1) is 6.92 Å². The van der Waals surface area contributed by atoms with E-state index in [4.69, 9.17) is 5.11 Å². The molecule has 1 aliphatic heterocycles. The first-order valence-electron chi connectivity index (χ1n) is 5.47. The monoisotopic (exact) mass is 230 g/mol. The van der Waals surface area contributed by atoms with Gasteiger partial charge in [-0.1, -0.05) is 23.8 Å². The van der Waals surface area contributed by atoms with Crippen LogP contribution in [0.3, 0.4) is 0 Å². The van der Waals surface area contributed by atoms with E-state index in [1.54, 1.807) is 4.81 Å². The molecule has 1 aromatic carbocycles. The van der Waals surface area contributed by atoms with Gasteiger partial charge in [0.1, 0.15) is 6.04 Å². The number of fused-ring (bicyclic) bond motifs is 1. The summed E-state index contributed by atoms with van der Waals surface area (Å²) >= 11 is 0. The van der Waals surface area contributed by atoms with E-state index in [-0.39, 0.29) is 0 Å². The number of carbonyl (C=O) groups excluding carboxylic acids is 1. The van der Waals surface area contributed by atoms with Gasteiger partial charge in [0.25, 0.3) is 7.41 Å². The van der Waals surface area contributed by atoms with Crippen LogP contribution < -0.4 is 0 Å². The summed E-state index contributed by atoms with van der Waals surface area (Å²) in [6.45, 7) is 2.46. The highest BCUT2D eigenvalue weighted by molar-refractivity contribution is 6.64. The number of nitrogens with zero attached hydrogens (tertiary/aromatic N) is 1. The molecule has 4 nitrogen and oxygen atoms in total. The number of aryl methyl sites for hydroxylation is 1. The zero-order valence-electron chi connectivity index (χ0n) is 9.59. The number of rotatable bonds is 3. The molecule has 2 rings (SSSR count). The normalized spacial score (nSPS) is 19.5.